The third-order valence-corrected chi connectivity index (χ3v) is 5.13. The summed E-state index contributed by atoms with van der Waals surface area (Å²) < 4.78 is 36.6. The van der Waals surface area contributed by atoms with E-state index in [1.54, 1.807) is 6.92 Å². The first kappa shape index (κ1) is 14.9. The van der Waals surface area contributed by atoms with E-state index in [0.29, 0.717) is 25.0 Å². The molecule has 1 saturated heterocycles. The Hall–Kier alpha value is -1.54. The molecule has 1 atom stereocenters. The number of nitrogens with zero attached hydrogens (tertiary/aromatic N) is 1. The van der Waals surface area contributed by atoms with Gasteiger partial charge in [-0.1, -0.05) is 11.3 Å². The molecule has 7 nitrogen and oxygen atoms in total. The summed E-state index contributed by atoms with van der Waals surface area (Å²) in [6, 6.07) is 0. The highest BCUT2D eigenvalue weighted by molar-refractivity contribution is 7.90. The summed E-state index contributed by atoms with van der Waals surface area (Å²) in [4.78, 5) is 21.8. The molecule has 9 heteroatoms. The van der Waals surface area contributed by atoms with Crippen LogP contribution in [0.2, 0.25) is 0 Å². The van der Waals surface area contributed by atoms with E-state index in [1.165, 1.54) is 5.38 Å². The van der Waals surface area contributed by atoms with Crippen molar-refractivity contribution in [2.75, 3.05) is 6.61 Å². The summed E-state index contributed by atoms with van der Waals surface area (Å²) in [7, 11) is -4.24. The molecular weight excluding hydrogens is 306 g/mol. The molecule has 1 unspecified atom stereocenters. The molecule has 0 aromatic carbocycles. The SMILES string of the molecule is CCc1csc(C(=O)OC2CCO2)c1S(=O)(=O)N=C=O. The van der Waals surface area contributed by atoms with Gasteiger partial charge in [0.1, 0.15) is 9.77 Å². The highest BCUT2D eigenvalue weighted by Gasteiger charge is 2.31. The van der Waals surface area contributed by atoms with Crippen molar-refractivity contribution < 1.29 is 27.5 Å². The maximum absolute atomic E-state index is 12.0. The van der Waals surface area contributed by atoms with Crippen LogP contribution in [0.15, 0.2) is 14.7 Å². The minimum absolute atomic E-state index is 0.101. The van der Waals surface area contributed by atoms with Gasteiger partial charge in [0.25, 0.3) is 16.1 Å². The quantitative estimate of drug-likeness (QED) is 0.460. The standard InChI is InChI=1S/C11H11NO6S2/c1-2-7-5-19-9(10(7)20(15,16)12-6-13)11(14)18-8-3-4-17-8/h5,8H,2-4H2,1H3. The van der Waals surface area contributed by atoms with Crippen molar-refractivity contribution >= 4 is 33.4 Å². The van der Waals surface area contributed by atoms with Crippen LogP contribution in [0.3, 0.4) is 0 Å². The van der Waals surface area contributed by atoms with Crippen LogP contribution >= 0.6 is 11.3 Å². The van der Waals surface area contributed by atoms with E-state index in [4.69, 9.17) is 9.47 Å². The fourth-order valence-electron chi connectivity index (χ4n) is 1.63. The molecule has 0 radical (unpaired) electrons. The summed E-state index contributed by atoms with van der Waals surface area (Å²) in [6.07, 6.45) is 1.31. The maximum atomic E-state index is 12.0. The molecule has 1 aromatic rings. The minimum atomic E-state index is -4.24. The van der Waals surface area contributed by atoms with Crippen LogP contribution in [0.5, 0.6) is 0 Å². The number of isocyanates is 1. The second-order valence-electron chi connectivity index (χ2n) is 3.92. The van der Waals surface area contributed by atoms with Crippen LogP contribution in [-0.4, -0.2) is 33.4 Å². The topological polar surface area (TPSA) is 99.1 Å². The van der Waals surface area contributed by atoms with Gasteiger partial charge in [-0.15, -0.1) is 11.3 Å². The van der Waals surface area contributed by atoms with E-state index in [2.05, 4.69) is 4.40 Å². The zero-order valence-corrected chi connectivity index (χ0v) is 12.1. The molecule has 2 heterocycles. The van der Waals surface area contributed by atoms with Crippen molar-refractivity contribution in [2.24, 2.45) is 4.40 Å². The normalized spacial score (nSPS) is 17.9. The van der Waals surface area contributed by atoms with E-state index in [-0.39, 0.29) is 9.77 Å². The Balaban J connectivity index is 2.40. The number of carbonyl (C=O) groups is 1. The third kappa shape index (κ3) is 2.80. The Morgan fingerprint density at radius 3 is 2.85 bits per heavy atom. The minimum Gasteiger partial charge on any atom is -0.431 e. The molecule has 1 aliphatic heterocycles. The molecule has 1 aromatic heterocycles. The molecule has 0 spiro atoms. The number of hydrogen-bond donors (Lipinski definition) is 0. The number of hydrogen-bond acceptors (Lipinski definition) is 7. The lowest BCUT2D eigenvalue weighted by molar-refractivity contribution is -0.184. The van der Waals surface area contributed by atoms with Crippen molar-refractivity contribution in [1.82, 2.24) is 0 Å². The van der Waals surface area contributed by atoms with Crippen molar-refractivity contribution in [2.45, 2.75) is 31.0 Å². The van der Waals surface area contributed by atoms with Gasteiger partial charge in [-0.05, 0) is 17.4 Å². The summed E-state index contributed by atoms with van der Waals surface area (Å²) >= 11 is 0.939. The number of sulfonamides is 1. The number of esters is 1. The molecular formula is C11H11NO6S2. The smallest absolute Gasteiger partial charge is 0.352 e. The van der Waals surface area contributed by atoms with E-state index in [1.807, 2.05) is 0 Å². The van der Waals surface area contributed by atoms with Crippen LogP contribution in [-0.2, 0) is 30.7 Å². The van der Waals surface area contributed by atoms with E-state index >= 15 is 0 Å². The number of rotatable bonds is 5. The number of carbonyl (C=O) groups excluding carboxylic acids is 2. The van der Waals surface area contributed by atoms with Gasteiger partial charge in [0, 0.05) is 6.42 Å². The molecule has 0 amide bonds. The number of ether oxygens (including phenoxy) is 2. The maximum Gasteiger partial charge on any atom is 0.352 e. The van der Waals surface area contributed by atoms with E-state index < -0.39 is 22.3 Å². The van der Waals surface area contributed by atoms with Crippen molar-refractivity contribution in [3.05, 3.63) is 15.8 Å². The van der Waals surface area contributed by atoms with Crippen LogP contribution < -0.4 is 0 Å². The Morgan fingerprint density at radius 1 is 1.65 bits per heavy atom. The Bertz CT molecular complexity index is 667. The first-order valence-electron chi connectivity index (χ1n) is 5.76. The van der Waals surface area contributed by atoms with Crippen LogP contribution in [0.1, 0.15) is 28.6 Å². The Morgan fingerprint density at radius 2 is 2.35 bits per heavy atom. The third-order valence-electron chi connectivity index (χ3n) is 2.69. The molecule has 1 fully saturated rings. The predicted molar refractivity (Wildman–Crippen MR) is 68.8 cm³/mol. The lowest BCUT2D eigenvalue weighted by Gasteiger charge is -2.25. The summed E-state index contributed by atoms with van der Waals surface area (Å²) in [6.45, 7) is 2.24. The monoisotopic (exact) mass is 317 g/mol. The molecule has 0 aliphatic carbocycles. The second-order valence-corrected chi connectivity index (χ2v) is 6.35. The number of aryl methyl sites for hydroxylation is 1. The molecule has 0 N–H and O–H groups in total. The Kier molecular flexibility index (Phi) is 4.34. The van der Waals surface area contributed by atoms with Gasteiger partial charge in [0.05, 0.1) is 6.61 Å². The predicted octanol–water partition coefficient (Wildman–Crippen LogP) is 1.24. The zero-order valence-electron chi connectivity index (χ0n) is 10.5. The van der Waals surface area contributed by atoms with Gasteiger partial charge in [-0.3, -0.25) is 0 Å². The first-order valence-corrected chi connectivity index (χ1v) is 8.08. The van der Waals surface area contributed by atoms with Crippen LogP contribution in [0.25, 0.3) is 0 Å². The van der Waals surface area contributed by atoms with Crippen LogP contribution in [0.4, 0.5) is 0 Å². The molecule has 0 bridgehead atoms. The average Bonchev–Trinajstić information content (AvgIpc) is 2.78. The lowest BCUT2D eigenvalue weighted by Crippen LogP contribution is -2.32. The summed E-state index contributed by atoms with van der Waals surface area (Å²) in [5.74, 6) is -0.793. The second kappa shape index (κ2) is 5.84. The van der Waals surface area contributed by atoms with Crippen LogP contribution in [0, 0.1) is 0 Å². The fraction of sp³-hybridized carbons (Fsp3) is 0.455. The highest BCUT2D eigenvalue weighted by atomic mass is 32.2. The van der Waals surface area contributed by atoms with Gasteiger partial charge < -0.3 is 9.47 Å². The molecule has 2 rings (SSSR count). The molecule has 0 saturated carbocycles. The fourth-order valence-corrected chi connectivity index (χ4v) is 4.13. The number of thiophene rings is 1. The Labute approximate surface area is 119 Å². The van der Waals surface area contributed by atoms with E-state index in [0.717, 1.165) is 17.4 Å². The van der Waals surface area contributed by atoms with Gasteiger partial charge in [-0.25, -0.2) is 9.59 Å². The summed E-state index contributed by atoms with van der Waals surface area (Å²) in [5.41, 5.74) is 0.412. The van der Waals surface area contributed by atoms with Gasteiger partial charge >= 0.3 is 5.97 Å². The van der Waals surface area contributed by atoms with Crippen molar-refractivity contribution in [3.8, 4) is 0 Å². The average molecular weight is 317 g/mol. The highest BCUT2D eigenvalue weighted by Crippen LogP contribution is 2.31. The molecule has 1 aliphatic rings. The lowest BCUT2D eigenvalue weighted by atomic mass is 10.2. The van der Waals surface area contributed by atoms with Crippen molar-refractivity contribution in [1.29, 1.82) is 0 Å². The van der Waals surface area contributed by atoms with Crippen molar-refractivity contribution in [3.63, 3.8) is 0 Å². The summed E-state index contributed by atoms with van der Waals surface area (Å²) in [5, 5.41) is 1.53. The molecule has 20 heavy (non-hydrogen) atoms. The van der Waals surface area contributed by atoms with Gasteiger partial charge in [0.2, 0.25) is 6.29 Å². The first-order chi connectivity index (χ1) is 9.49. The van der Waals surface area contributed by atoms with Gasteiger partial charge in [0.15, 0.2) is 0 Å². The largest absolute Gasteiger partial charge is 0.431 e. The molecule has 108 valence electrons. The van der Waals surface area contributed by atoms with E-state index in [9.17, 15) is 18.0 Å². The zero-order chi connectivity index (χ0) is 14.8. The van der Waals surface area contributed by atoms with Gasteiger partial charge in [-0.2, -0.15) is 8.42 Å².